The van der Waals surface area contributed by atoms with Crippen LogP contribution >= 0.6 is 15.9 Å². The SMILES string of the molecule is CCOc1ccc(C(NC)C2CCS(=O)(=O)C2)c(Br)c1. The molecule has 0 spiro atoms. The summed E-state index contributed by atoms with van der Waals surface area (Å²) in [5.74, 6) is 1.50. The third-order valence-electron chi connectivity index (χ3n) is 3.67. The first-order chi connectivity index (χ1) is 9.46. The molecule has 112 valence electrons. The van der Waals surface area contributed by atoms with Crippen LogP contribution < -0.4 is 10.1 Å². The molecule has 1 aromatic carbocycles. The van der Waals surface area contributed by atoms with Gasteiger partial charge in [0.15, 0.2) is 9.84 Å². The molecule has 4 nitrogen and oxygen atoms in total. The molecule has 0 aromatic heterocycles. The molecule has 0 aliphatic carbocycles. The predicted octanol–water partition coefficient (Wildman–Crippen LogP) is 2.54. The van der Waals surface area contributed by atoms with Crippen molar-refractivity contribution in [1.29, 1.82) is 0 Å². The normalized spacial score (nSPS) is 22.6. The zero-order chi connectivity index (χ0) is 14.8. The van der Waals surface area contributed by atoms with Gasteiger partial charge in [0.25, 0.3) is 0 Å². The predicted molar refractivity (Wildman–Crippen MR) is 83.9 cm³/mol. The first-order valence-corrected chi connectivity index (χ1v) is 9.38. The molecule has 1 saturated heterocycles. The highest BCUT2D eigenvalue weighted by Gasteiger charge is 2.34. The Kier molecular flexibility index (Phi) is 5.09. The summed E-state index contributed by atoms with van der Waals surface area (Å²) in [6, 6.07) is 5.91. The van der Waals surface area contributed by atoms with Crippen molar-refractivity contribution in [2.75, 3.05) is 25.2 Å². The number of hydrogen-bond donors (Lipinski definition) is 1. The molecule has 0 radical (unpaired) electrons. The Hall–Kier alpha value is -0.590. The van der Waals surface area contributed by atoms with Gasteiger partial charge in [-0.25, -0.2) is 8.42 Å². The van der Waals surface area contributed by atoms with Crippen LogP contribution in [0, 0.1) is 5.92 Å². The lowest BCUT2D eigenvalue weighted by molar-refractivity contribution is 0.339. The van der Waals surface area contributed by atoms with Crippen molar-refractivity contribution < 1.29 is 13.2 Å². The number of ether oxygens (including phenoxy) is 1. The Bertz CT molecular complexity index is 574. The summed E-state index contributed by atoms with van der Waals surface area (Å²) >= 11 is 3.56. The largest absolute Gasteiger partial charge is 0.494 e. The average molecular weight is 362 g/mol. The number of sulfone groups is 1. The maximum Gasteiger partial charge on any atom is 0.150 e. The number of rotatable bonds is 5. The number of nitrogens with one attached hydrogen (secondary N) is 1. The second kappa shape index (κ2) is 6.45. The van der Waals surface area contributed by atoms with Gasteiger partial charge in [-0.3, -0.25) is 0 Å². The zero-order valence-corrected chi connectivity index (χ0v) is 14.1. The highest BCUT2D eigenvalue weighted by molar-refractivity contribution is 9.10. The smallest absolute Gasteiger partial charge is 0.150 e. The van der Waals surface area contributed by atoms with Gasteiger partial charge in [0.2, 0.25) is 0 Å². The number of hydrogen-bond acceptors (Lipinski definition) is 4. The third-order valence-corrected chi connectivity index (χ3v) is 6.15. The van der Waals surface area contributed by atoms with Crippen LogP contribution in [0.2, 0.25) is 0 Å². The summed E-state index contributed by atoms with van der Waals surface area (Å²) in [6.07, 6.45) is 0.716. The maximum atomic E-state index is 11.7. The quantitative estimate of drug-likeness (QED) is 0.875. The van der Waals surface area contributed by atoms with Crippen molar-refractivity contribution in [3.63, 3.8) is 0 Å². The van der Waals surface area contributed by atoms with Crippen molar-refractivity contribution in [1.82, 2.24) is 5.32 Å². The highest BCUT2D eigenvalue weighted by Crippen LogP contribution is 2.36. The molecule has 1 heterocycles. The molecule has 2 rings (SSSR count). The van der Waals surface area contributed by atoms with E-state index in [2.05, 4.69) is 21.2 Å². The van der Waals surface area contributed by atoms with E-state index in [-0.39, 0.29) is 17.7 Å². The fourth-order valence-electron chi connectivity index (χ4n) is 2.75. The minimum absolute atomic E-state index is 0.0392. The van der Waals surface area contributed by atoms with E-state index in [1.807, 2.05) is 32.2 Å². The van der Waals surface area contributed by atoms with Gasteiger partial charge >= 0.3 is 0 Å². The van der Waals surface area contributed by atoms with E-state index in [0.717, 1.165) is 15.8 Å². The molecule has 20 heavy (non-hydrogen) atoms. The molecule has 1 aromatic rings. The highest BCUT2D eigenvalue weighted by atomic mass is 79.9. The van der Waals surface area contributed by atoms with Gasteiger partial charge in [-0.1, -0.05) is 22.0 Å². The lowest BCUT2D eigenvalue weighted by Gasteiger charge is -2.24. The van der Waals surface area contributed by atoms with E-state index in [9.17, 15) is 8.42 Å². The summed E-state index contributed by atoms with van der Waals surface area (Å²) in [7, 11) is -0.995. The van der Waals surface area contributed by atoms with Gasteiger partial charge in [0.1, 0.15) is 5.75 Å². The first-order valence-electron chi connectivity index (χ1n) is 6.76. The van der Waals surface area contributed by atoms with Crippen LogP contribution in [0.15, 0.2) is 22.7 Å². The van der Waals surface area contributed by atoms with Gasteiger partial charge in [-0.05, 0) is 44.0 Å². The standard InChI is InChI=1S/C14H20BrNO3S/c1-3-19-11-4-5-12(13(15)8-11)14(16-2)10-6-7-20(17,18)9-10/h4-5,8,10,14,16H,3,6-7,9H2,1-2H3. The molecule has 2 atom stereocenters. The average Bonchev–Trinajstić information content (AvgIpc) is 2.73. The van der Waals surface area contributed by atoms with Gasteiger partial charge in [-0.2, -0.15) is 0 Å². The Morgan fingerprint density at radius 2 is 2.25 bits per heavy atom. The Balaban J connectivity index is 2.24. The van der Waals surface area contributed by atoms with Crippen LogP contribution in [0.25, 0.3) is 0 Å². The van der Waals surface area contributed by atoms with Crippen molar-refractivity contribution in [3.8, 4) is 5.75 Å². The van der Waals surface area contributed by atoms with Crippen LogP contribution in [0.3, 0.4) is 0 Å². The summed E-state index contributed by atoms with van der Waals surface area (Å²) in [4.78, 5) is 0. The van der Waals surface area contributed by atoms with Crippen molar-refractivity contribution >= 4 is 25.8 Å². The van der Waals surface area contributed by atoms with E-state index >= 15 is 0 Å². The minimum Gasteiger partial charge on any atom is -0.494 e. The fourth-order valence-corrected chi connectivity index (χ4v) is 5.19. The van der Waals surface area contributed by atoms with Gasteiger partial charge < -0.3 is 10.1 Å². The van der Waals surface area contributed by atoms with Crippen LogP contribution in [0.5, 0.6) is 5.75 Å². The zero-order valence-electron chi connectivity index (χ0n) is 11.7. The summed E-state index contributed by atoms with van der Waals surface area (Å²) in [5.41, 5.74) is 1.08. The minimum atomic E-state index is -2.87. The molecule has 1 aliphatic rings. The fraction of sp³-hybridized carbons (Fsp3) is 0.571. The van der Waals surface area contributed by atoms with Crippen molar-refractivity contribution in [2.24, 2.45) is 5.92 Å². The Morgan fingerprint density at radius 3 is 2.75 bits per heavy atom. The molecule has 6 heteroatoms. The lowest BCUT2D eigenvalue weighted by atomic mass is 9.92. The summed E-state index contributed by atoms with van der Waals surface area (Å²) in [5, 5.41) is 3.26. The topological polar surface area (TPSA) is 55.4 Å². The van der Waals surface area contributed by atoms with Gasteiger partial charge in [-0.15, -0.1) is 0 Å². The molecule has 1 N–H and O–H groups in total. The molecular weight excluding hydrogens is 342 g/mol. The molecule has 0 amide bonds. The summed E-state index contributed by atoms with van der Waals surface area (Å²) in [6.45, 7) is 2.57. The lowest BCUT2D eigenvalue weighted by Crippen LogP contribution is -2.26. The number of benzene rings is 1. The molecule has 0 saturated carbocycles. The van der Waals surface area contributed by atoms with E-state index in [0.29, 0.717) is 18.8 Å². The molecular formula is C14H20BrNO3S. The van der Waals surface area contributed by atoms with Crippen LogP contribution in [-0.4, -0.2) is 33.6 Å². The number of halogens is 1. The van der Waals surface area contributed by atoms with Crippen LogP contribution in [-0.2, 0) is 9.84 Å². The Morgan fingerprint density at radius 1 is 1.50 bits per heavy atom. The van der Waals surface area contributed by atoms with Gasteiger partial charge in [0.05, 0.1) is 18.1 Å². The molecule has 0 bridgehead atoms. The van der Waals surface area contributed by atoms with E-state index in [1.165, 1.54) is 0 Å². The van der Waals surface area contributed by atoms with E-state index < -0.39 is 9.84 Å². The Labute approximate surface area is 129 Å². The monoisotopic (exact) mass is 361 g/mol. The maximum absolute atomic E-state index is 11.7. The van der Waals surface area contributed by atoms with Crippen LogP contribution in [0.4, 0.5) is 0 Å². The first kappa shape index (κ1) is 15.8. The van der Waals surface area contributed by atoms with Crippen LogP contribution in [0.1, 0.15) is 24.9 Å². The van der Waals surface area contributed by atoms with E-state index in [1.54, 1.807) is 0 Å². The second-order valence-corrected chi connectivity index (χ2v) is 8.13. The molecule has 1 fully saturated rings. The summed E-state index contributed by atoms with van der Waals surface area (Å²) < 4.78 is 29.7. The molecule has 2 unspecified atom stereocenters. The third kappa shape index (κ3) is 3.54. The van der Waals surface area contributed by atoms with E-state index in [4.69, 9.17) is 4.74 Å². The van der Waals surface area contributed by atoms with Crippen molar-refractivity contribution in [2.45, 2.75) is 19.4 Å². The molecule has 1 aliphatic heterocycles. The van der Waals surface area contributed by atoms with Gasteiger partial charge in [0, 0.05) is 10.5 Å². The second-order valence-electron chi connectivity index (χ2n) is 5.05. The van der Waals surface area contributed by atoms with Crippen molar-refractivity contribution in [3.05, 3.63) is 28.2 Å².